The van der Waals surface area contributed by atoms with Crippen LogP contribution < -0.4 is 5.73 Å². The molecule has 0 bridgehead atoms. The second-order valence-electron chi connectivity index (χ2n) is 4.08. The van der Waals surface area contributed by atoms with Crippen LogP contribution >= 0.6 is 11.3 Å². The van der Waals surface area contributed by atoms with Crippen molar-refractivity contribution in [1.29, 1.82) is 0 Å². The van der Waals surface area contributed by atoms with Gasteiger partial charge in [0.25, 0.3) is 0 Å². The molecule has 0 aliphatic heterocycles. The van der Waals surface area contributed by atoms with Crippen molar-refractivity contribution in [2.75, 3.05) is 12.8 Å². The zero-order valence-corrected chi connectivity index (χ0v) is 11.8. The molecule has 2 aromatic rings. The second-order valence-corrected chi connectivity index (χ2v) is 6.88. The molecule has 0 saturated carbocycles. The van der Waals surface area contributed by atoms with E-state index in [0.717, 1.165) is 22.0 Å². The Labute approximate surface area is 115 Å². The first kappa shape index (κ1) is 14.0. The van der Waals surface area contributed by atoms with E-state index < -0.39 is 20.7 Å². The summed E-state index contributed by atoms with van der Waals surface area (Å²) in [6.45, 7) is 0.195. The minimum absolute atomic E-state index is 0.195. The number of nitrogen functional groups attached to an aromatic ring is 1. The molecule has 2 rings (SSSR count). The molecule has 0 unspecified atom stereocenters. The highest BCUT2D eigenvalue weighted by Gasteiger charge is 2.24. The lowest BCUT2D eigenvalue weighted by atomic mass is 10.3. The maximum absolute atomic E-state index is 13.6. The summed E-state index contributed by atoms with van der Waals surface area (Å²) < 4.78 is 39.3. The number of hydrogen-bond donors (Lipinski definition) is 1. The molecule has 0 aliphatic carbocycles. The predicted octanol–water partition coefficient (Wildman–Crippen LogP) is 2.29. The van der Waals surface area contributed by atoms with Crippen molar-refractivity contribution < 1.29 is 12.8 Å². The second kappa shape index (κ2) is 5.28. The molecule has 1 heterocycles. The van der Waals surface area contributed by atoms with Crippen LogP contribution in [0.5, 0.6) is 0 Å². The van der Waals surface area contributed by atoms with Gasteiger partial charge in [0.2, 0.25) is 10.0 Å². The van der Waals surface area contributed by atoms with E-state index in [1.54, 1.807) is 0 Å². The Kier molecular flexibility index (Phi) is 3.88. The first-order valence-corrected chi connectivity index (χ1v) is 7.82. The lowest BCUT2D eigenvalue weighted by Gasteiger charge is -2.17. The van der Waals surface area contributed by atoms with Crippen LogP contribution in [0.25, 0.3) is 0 Å². The molecule has 102 valence electrons. The van der Waals surface area contributed by atoms with Gasteiger partial charge in [-0.05, 0) is 40.6 Å². The molecule has 0 radical (unpaired) electrons. The molecule has 4 nitrogen and oxygen atoms in total. The normalized spacial score (nSPS) is 11.9. The fourth-order valence-corrected chi connectivity index (χ4v) is 3.52. The van der Waals surface area contributed by atoms with E-state index in [9.17, 15) is 12.8 Å². The number of thiophene rings is 1. The monoisotopic (exact) mass is 300 g/mol. The van der Waals surface area contributed by atoms with Gasteiger partial charge in [0.15, 0.2) is 0 Å². The Hall–Kier alpha value is -1.44. The topological polar surface area (TPSA) is 63.4 Å². The van der Waals surface area contributed by atoms with Gasteiger partial charge in [-0.3, -0.25) is 0 Å². The van der Waals surface area contributed by atoms with Crippen molar-refractivity contribution >= 4 is 27.0 Å². The van der Waals surface area contributed by atoms with Crippen LogP contribution in [0.2, 0.25) is 0 Å². The number of sulfonamides is 1. The molecular formula is C12H13FN2O2S2. The molecular weight excluding hydrogens is 287 g/mol. The summed E-state index contributed by atoms with van der Waals surface area (Å²) in [5.74, 6) is -0.800. The number of hydrogen-bond acceptors (Lipinski definition) is 4. The van der Waals surface area contributed by atoms with E-state index >= 15 is 0 Å². The lowest BCUT2D eigenvalue weighted by molar-refractivity contribution is 0.460. The maximum atomic E-state index is 13.6. The Morgan fingerprint density at radius 3 is 2.74 bits per heavy atom. The highest BCUT2D eigenvalue weighted by molar-refractivity contribution is 7.89. The van der Waals surface area contributed by atoms with Gasteiger partial charge in [-0.15, -0.1) is 0 Å². The van der Waals surface area contributed by atoms with E-state index in [4.69, 9.17) is 5.73 Å². The average molecular weight is 300 g/mol. The first-order chi connectivity index (χ1) is 8.91. The molecule has 0 fully saturated rings. The van der Waals surface area contributed by atoms with Crippen molar-refractivity contribution in [1.82, 2.24) is 4.31 Å². The van der Waals surface area contributed by atoms with Crippen molar-refractivity contribution in [3.05, 3.63) is 46.4 Å². The SMILES string of the molecule is CN(Cc1ccsc1)S(=O)(=O)c1cc(N)ccc1F. The molecule has 0 atom stereocenters. The molecule has 19 heavy (non-hydrogen) atoms. The number of rotatable bonds is 4. The van der Waals surface area contributed by atoms with Gasteiger partial charge >= 0.3 is 0 Å². The van der Waals surface area contributed by atoms with Crippen LogP contribution in [-0.4, -0.2) is 19.8 Å². The van der Waals surface area contributed by atoms with Crippen molar-refractivity contribution in [3.63, 3.8) is 0 Å². The molecule has 7 heteroatoms. The minimum atomic E-state index is -3.89. The number of nitrogens with two attached hydrogens (primary N) is 1. The number of benzene rings is 1. The van der Waals surface area contributed by atoms with Crippen LogP contribution in [0.3, 0.4) is 0 Å². The van der Waals surface area contributed by atoms with Gasteiger partial charge in [-0.1, -0.05) is 0 Å². The number of halogens is 1. The third-order valence-electron chi connectivity index (χ3n) is 2.63. The fourth-order valence-electron chi connectivity index (χ4n) is 1.61. The van der Waals surface area contributed by atoms with Crippen molar-refractivity contribution in [3.8, 4) is 0 Å². The van der Waals surface area contributed by atoms with Crippen LogP contribution in [0.15, 0.2) is 39.9 Å². The van der Waals surface area contributed by atoms with Crippen LogP contribution in [-0.2, 0) is 16.6 Å². The van der Waals surface area contributed by atoms with E-state index in [1.807, 2.05) is 16.8 Å². The fraction of sp³-hybridized carbons (Fsp3) is 0.167. The van der Waals surface area contributed by atoms with E-state index in [2.05, 4.69) is 0 Å². The van der Waals surface area contributed by atoms with Gasteiger partial charge < -0.3 is 5.73 Å². The maximum Gasteiger partial charge on any atom is 0.246 e. The molecule has 1 aromatic carbocycles. The van der Waals surface area contributed by atoms with Gasteiger partial charge in [-0.2, -0.15) is 15.6 Å². The summed E-state index contributed by atoms with van der Waals surface area (Å²) >= 11 is 1.48. The molecule has 2 N–H and O–H groups in total. The highest BCUT2D eigenvalue weighted by atomic mass is 32.2. The molecule has 0 saturated heterocycles. The Morgan fingerprint density at radius 2 is 2.11 bits per heavy atom. The van der Waals surface area contributed by atoms with Gasteiger partial charge in [0.05, 0.1) is 0 Å². The Morgan fingerprint density at radius 1 is 1.37 bits per heavy atom. The van der Waals surface area contributed by atoms with Crippen molar-refractivity contribution in [2.24, 2.45) is 0 Å². The third kappa shape index (κ3) is 2.94. The van der Waals surface area contributed by atoms with E-state index in [0.29, 0.717) is 0 Å². The summed E-state index contributed by atoms with van der Waals surface area (Å²) in [6, 6.07) is 5.34. The zero-order chi connectivity index (χ0) is 14.0. The Bertz CT molecular complexity index is 669. The van der Waals surface area contributed by atoms with Gasteiger partial charge in [0.1, 0.15) is 10.7 Å². The third-order valence-corrected chi connectivity index (χ3v) is 5.18. The van der Waals surface area contributed by atoms with Gasteiger partial charge in [-0.25, -0.2) is 12.8 Å². The van der Waals surface area contributed by atoms with Crippen LogP contribution in [0, 0.1) is 5.82 Å². The molecule has 1 aromatic heterocycles. The summed E-state index contributed by atoms with van der Waals surface area (Å²) in [6.07, 6.45) is 0. The quantitative estimate of drug-likeness (QED) is 0.881. The average Bonchev–Trinajstić information content (AvgIpc) is 2.85. The van der Waals surface area contributed by atoms with Crippen LogP contribution in [0.1, 0.15) is 5.56 Å². The molecule has 0 aliphatic rings. The first-order valence-electron chi connectivity index (χ1n) is 5.43. The molecule has 0 spiro atoms. The summed E-state index contributed by atoms with van der Waals surface area (Å²) in [5.41, 5.74) is 6.59. The largest absolute Gasteiger partial charge is 0.399 e. The number of anilines is 1. The standard InChI is InChI=1S/C12H13FN2O2S2/c1-15(7-9-4-5-18-8-9)19(16,17)12-6-10(14)2-3-11(12)13/h2-6,8H,7,14H2,1H3. The highest BCUT2D eigenvalue weighted by Crippen LogP contribution is 2.22. The summed E-state index contributed by atoms with van der Waals surface area (Å²) in [4.78, 5) is -0.398. The lowest BCUT2D eigenvalue weighted by Crippen LogP contribution is -2.27. The molecule has 0 amide bonds. The number of nitrogens with zero attached hydrogens (tertiary/aromatic N) is 1. The van der Waals surface area contributed by atoms with E-state index in [-0.39, 0.29) is 12.2 Å². The van der Waals surface area contributed by atoms with Crippen molar-refractivity contribution in [2.45, 2.75) is 11.4 Å². The van der Waals surface area contributed by atoms with Gasteiger partial charge in [0, 0.05) is 19.3 Å². The smallest absolute Gasteiger partial charge is 0.246 e. The Balaban J connectivity index is 2.33. The van der Waals surface area contributed by atoms with E-state index in [1.165, 1.54) is 24.5 Å². The minimum Gasteiger partial charge on any atom is -0.399 e. The summed E-state index contributed by atoms with van der Waals surface area (Å²) in [5, 5.41) is 3.71. The predicted molar refractivity (Wildman–Crippen MR) is 73.8 cm³/mol. The van der Waals surface area contributed by atoms with Crippen LogP contribution in [0.4, 0.5) is 10.1 Å². The summed E-state index contributed by atoms with van der Waals surface area (Å²) in [7, 11) is -2.47. The zero-order valence-electron chi connectivity index (χ0n) is 10.2.